The van der Waals surface area contributed by atoms with Gasteiger partial charge in [0.15, 0.2) is 5.75 Å². The maximum atomic E-state index is 10.9. The van der Waals surface area contributed by atoms with Crippen LogP contribution in [-0.2, 0) is 32.7 Å². The molecule has 0 fully saturated rings. The first-order valence-corrected chi connectivity index (χ1v) is 17.0. The molecule has 0 aliphatic heterocycles. The van der Waals surface area contributed by atoms with Gasteiger partial charge in [-0.3, -0.25) is 0 Å². The van der Waals surface area contributed by atoms with Crippen molar-refractivity contribution >= 4 is 44.3 Å². The van der Waals surface area contributed by atoms with Gasteiger partial charge in [-0.15, -0.1) is 22.8 Å². The van der Waals surface area contributed by atoms with Crippen molar-refractivity contribution in [3.8, 4) is 5.75 Å². The Labute approximate surface area is 316 Å². The van der Waals surface area contributed by atoms with Crippen LogP contribution in [0.25, 0.3) is 21.5 Å². The second kappa shape index (κ2) is 28.5. The Morgan fingerprint density at radius 3 is 1.62 bits per heavy atom. The summed E-state index contributed by atoms with van der Waals surface area (Å²) in [7, 11) is 1.62. The minimum Gasteiger partial charge on any atom is -0.505 e. The molecule has 48 heavy (non-hydrogen) atoms. The molecule has 1 radical (unpaired) electrons. The Morgan fingerprint density at radius 1 is 0.667 bits per heavy atom. The zero-order valence-electron chi connectivity index (χ0n) is 31.5. The summed E-state index contributed by atoms with van der Waals surface area (Å²) in [4.78, 5) is 0. The second-order valence-corrected chi connectivity index (χ2v) is 9.97. The molecule has 5 aromatic carbocycles. The van der Waals surface area contributed by atoms with Crippen LogP contribution in [-0.4, -0.2) is 18.7 Å². The van der Waals surface area contributed by atoms with E-state index in [-0.39, 0.29) is 38.5 Å². The fourth-order valence-electron chi connectivity index (χ4n) is 4.11. The normalized spacial score (nSPS) is 9.67. The van der Waals surface area contributed by atoms with E-state index in [2.05, 4.69) is 108 Å². The molecule has 5 aromatic rings. The molecule has 0 aliphatic rings. The molecular formula is C41H58N5OY-. The van der Waals surface area contributed by atoms with E-state index in [1.54, 1.807) is 13.1 Å². The Bertz CT molecular complexity index is 1570. The largest absolute Gasteiger partial charge is 0.505 e. The zero-order chi connectivity index (χ0) is 35.6. The van der Waals surface area contributed by atoms with Crippen molar-refractivity contribution in [1.29, 1.82) is 0 Å². The van der Waals surface area contributed by atoms with Crippen molar-refractivity contribution in [2.75, 3.05) is 18.9 Å². The molecule has 0 aromatic heterocycles. The average molecular weight is 726 g/mol. The van der Waals surface area contributed by atoms with Gasteiger partial charge in [-0.2, -0.15) is 11.2 Å². The molecule has 0 unspecified atom stereocenters. The standard InChI is InChI=1S/C21H22N5O.C10H8.2C3H8.2C2H6.Y/c1-5-23-18-8-6-7-15-11-14(3)20(21(27)19(15)18)26-24-16-9-10-17(25-22-4)13(2)12-16;1-2-6-10-8-4-3-7-9(10)5-1;2*1-3-2;2*1-2;/h6-8,10-12,23,27H,5H2,1-4H3;1-8H;2*3H2,1-2H3;2*1-2H3;/q-1;;;;;;. The molecule has 0 heterocycles. The molecule has 0 atom stereocenters. The summed E-state index contributed by atoms with van der Waals surface area (Å²) >= 11 is 0. The van der Waals surface area contributed by atoms with Gasteiger partial charge in [0, 0.05) is 57.4 Å². The molecule has 7 heteroatoms. The molecule has 0 saturated heterocycles. The number of rotatable bonds is 5. The quantitative estimate of drug-likeness (QED) is 0.140. The number of aryl methyl sites for hydroxylation is 2. The number of benzene rings is 5. The topological polar surface area (TPSA) is 81.7 Å². The summed E-state index contributed by atoms with van der Waals surface area (Å²) in [5, 5.41) is 34.8. The van der Waals surface area contributed by atoms with E-state index in [1.165, 1.54) is 23.6 Å². The van der Waals surface area contributed by atoms with Crippen LogP contribution in [0.4, 0.5) is 22.7 Å². The fourth-order valence-corrected chi connectivity index (χ4v) is 4.11. The molecule has 5 rings (SSSR count). The Morgan fingerprint density at radius 2 is 1.17 bits per heavy atom. The van der Waals surface area contributed by atoms with Gasteiger partial charge < -0.3 is 10.4 Å². The first-order valence-electron chi connectivity index (χ1n) is 17.0. The molecule has 0 saturated carbocycles. The molecule has 6 nitrogen and oxygen atoms in total. The van der Waals surface area contributed by atoms with Crippen molar-refractivity contribution in [1.82, 2.24) is 0 Å². The van der Waals surface area contributed by atoms with Crippen molar-refractivity contribution in [2.45, 2.75) is 89.0 Å². The van der Waals surface area contributed by atoms with E-state index in [0.717, 1.165) is 39.8 Å². The SMILES string of the molecule is CC.CC.CCC.CCC.CCNc1cccc2cc(C)c(N=Nc3[c-]cc(N=NC)c(C)c3)c(O)c12.[Y].c1ccc2ccccc2c1. The number of phenolic OH excluding ortho intramolecular Hbond substituents is 1. The molecule has 0 bridgehead atoms. The molecule has 0 amide bonds. The summed E-state index contributed by atoms with van der Waals surface area (Å²) in [6, 6.07) is 31.2. The Hall–Kier alpha value is -3.48. The number of fused-ring (bicyclic) bond motifs is 2. The van der Waals surface area contributed by atoms with E-state index in [0.29, 0.717) is 11.4 Å². The van der Waals surface area contributed by atoms with E-state index in [9.17, 15) is 5.11 Å². The average Bonchev–Trinajstić information content (AvgIpc) is 3.09. The first-order chi connectivity index (χ1) is 22.8. The van der Waals surface area contributed by atoms with Crippen molar-refractivity contribution < 1.29 is 37.8 Å². The number of phenols is 1. The number of nitrogens with one attached hydrogen (secondary N) is 1. The van der Waals surface area contributed by atoms with Crippen molar-refractivity contribution in [2.24, 2.45) is 20.5 Å². The monoisotopic (exact) mass is 725 g/mol. The van der Waals surface area contributed by atoms with Gasteiger partial charge in [-0.1, -0.05) is 136 Å². The second-order valence-electron chi connectivity index (χ2n) is 9.97. The first kappa shape index (κ1) is 46.6. The number of hydrogen-bond donors (Lipinski definition) is 2. The van der Waals surface area contributed by atoms with Crippen LogP contribution < -0.4 is 5.32 Å². The maximum absolute atomic E-state index is 10.9. The number of nitrogens with zero attached hydrogens (tertiary/aromatic N) is 4. The Balaban J connectivity index is 0. The van der Waals surface area contributed by atoms with Gasteiger partial charge in [0.05, 0.1) is 0 Å². The summed E-state index contributed by atoms with van der Waals surface area (Å²) < 4.78 is 0. The van der Waals surface area contributed by atoms with Gasteiger partial charge in [-0.25, -0.2) is 10.2 Å². The number of aromatic hydroxyl groups is 1. The number of hydrogen-bond acceptors (Lipinski definition) is 6. The third kappa shape index (κ3) is 15.6. The number of anilines is 1. The third-order valence-corrected chi connectivity index (χ3v) is 5.91. The van der Waals surface area contributed by atoms with Crippen LogP contribution >= 0.6 is 0 Å². The van der Waals surface area contributed by atoms with Crippen molar-refractivity contribution in [3.63, 3.8) is 0 Å². The van der Waals surface area contributed by atoms with E-state index in [1.807, 2.05) is 78.8 Å². The Kier molecular flexibility index (Phi) is 27.7. The summed E-state index contributed by atoms with van der Waals surface area (Å²) in [6.45, 7) is 23.1. The van der Waals surface area contributed by atoms with E-state index in [4.69, 9.17) is 0 Å². The minimum atomic E-state index is 0. The van der Waals surface area contributed by atoms with Crippen LogP contribution in [0.1, 0.15) is 86.3 Å². The van der Waals surface area contributed by atoms with Gasteiger partial charge >= 0.3 is 0 Å². The number of azo groups is 2. The predicted octanol–water partition coefficient (Wildman–Crippen LogP) is 14.2. The molecule has 257 valence electrons. The van der Waals surface area contributed by atoms with Gasteiger partial charge in [0.2, 0.25) is 0 Å². The van der Waals surface area contributed by atoms with Gasteiger partial charge in [-0.05, 0) is 59.1 Å². The molecule has 0 aliphatic carbocycles. The maximum Gasteiger partial charge on any atom is 0.153 e. The third-order valence-electron chi connectivity index (χ3n) is 5.91. The fraction of sp³-hybridized carbons (Fsp3) is 0.366. The van der Waals surface area contributed by atoms with Crippen LogP contribution in [0.5, 0.6) is 5.75 Å². The van der Waals surface area contributed by atoms with E-state index >= 15 is 0 Å². The van der Waals surface area contributed by atoms with Gasteiger partial charge in [0.1, 0.15) is 5.69 Å². The van der Waals surface area contributed by atoms with Crippen LogP contribution in [0, 0.1) is 19.9 Å². The predicted molar refractivity (Wildman–Crippen MR) is 208 cm³/mol. The minimum absolute atomic E-state index is 0. The van der Waals surface area contributed by atoms with Crippen LogP contribution in [0.15, 0.2) is 105 Å². The summed E-state index contributed by atoms with van der Waals surface area (Å²) in [5.41, 5.74) is 4.43. The summed E-state index contributed by atoms with van der Waals surface area (Å²) in [5.74, 6) is 0.124. The molecule has 0 spiro atoms. The summed E-state index contributed by atoms with van der Waals surface area (Å²) in [6.07, 6.45) is 2.50. The van der Waals surface area contributed by atoms with Crippen LogP contribution in [0.3, 0.4) is 0 Å². The van der Waals surface area contributed by atoms with Crippen LogP contribution in [0.2, 0.25) is 0 Å². The van der Waals surface area contributed by atoms with E-state index < -0.39 is 0 Å². The van der Waals surface area contributed by atoms with Crippen molar-refractivity contribution in [3.05, 3.63) is 102 Å². The molecular weight excluding hydrogens is 667 g/mol. The zero-order valence-corrected chi connectivity index (χ0v) is 34.4. The van der Waals surface area contributed by atoms with Gasteiger partial charge in [0.25, 0.3) is 0 Å². The smallest absolute Gasteiger partial charge is 0.153 e. The molecule has 2 N–H and O–H groups in total.